The Morgan fingerprint density at radius 3 is 1.62 bits per heavy atom. The molecule has 0 bridgehead atoms. The summed E-state index contributed by atoms with van der Waals surface area (Å²) in [5.41, 5.74) is 9.01. The van der Waals surface area contributed by atoms with Crippen LogP contribution >= 0.6 is 0 Å². The minimum Gasteiger partial charge on any atom is -0.445 e. The van der Waals surface area contributed by atoms with E-state index in [-0.39, 0.29) is 78.9 Å². The van der Waals surface area contributed by atoms with Crippen LogP contribution in [0.1, 0.15) is 137 Å². The van der Waals surface area contributed by atoms with Gasteiger partial charge in [-0.1, -0.05) is 92.3 Å². The van der Waals surface area contributed by atoms with Crippen molar-refractivity contribution >= 4 is 53.3 Å². The number of hydrogen-bond acceptors (Lipinski definition) is 18. The number of urea groups is 2. The summed E-state index contributed by atoms with van der Waals surface area (Å²) in [4.78, 5) is 107. The maximum absolute atomic E-state index is 13.6. The smallest absolute Gasteiger partial charge is 0.410 e. The molecule has 1 aromatic heterocycles. The number of nitrogens with zero attached hydrogens (tertiary/aromatic N) is 7. The first kappa shape index (κ1) is 85.1. The molecule has 9 amide bonds. The third-order valence-electron chi connectivity index (χ3n) is 18.2. The number of unbranched alkanes of at least 4 members (excludes halogenated alkanes) is 2. The summed E-state index contributed by atoms with van der Waals surface area (Å²) in [5.74, 6) is -0.739. The number of benzene rings is 1. The molecule has 5 heterocycles. The average Bonchev–Trinajstić information content (AvgIpc) is 0.881. The number of likely N-dealkylation sites (tertiary alicyclic amines) is 2. The van der Waals surface area contributed by atoms with Gasteiger partial charge in [-0.2, -0.15) is 0 Å². The van der Waals surface area contributed by atoms with Crippen molar-refractivity contribution in [2.45, 2.75) is 152 Å². The average molecular weight is 1430 g/mol. The van der Waals surface area contributed by atoms with Crippen molar-refractivity contribution in [3.05, 3.63) is 90.6 Å². The molecule has 4 aliphatic rings. The van der Waals surface area contributed by atoms with E-state index in [1.807, 2.05) is 18.7 Å². The summed E-state index contributed by atoms with van der Waals surface area (Å²) in [6.45, 7) is 36.9. The standard InChI is InChI=1S/C40H60N6O7.C34H58N6O9/c1-27(2)36(44-34(48)12-8-7-9-22-46-28(3)13-18-35(46)49)33(47)25-30(11-10-21-42-38(41)51)37(50)43-32-16-14-29(15-17-32)26-53-39(52)45-23-19-31(20-24-45)40(4,5)6;1-29-5-6-32(41)40(29)28-31-27-39(37-36-31)12-14-44-16-18-46-20-22-48-24-26-49-25-23-47-21-19-45-17-15-43-13-9-35-33(42)38-10-7-30(8-11-38)34(2,3)4/h13-18,27,30-31,36H,3,7-12,19-26H2,1-2,4-6H3,(H,43,50)(H,44,48)(H3,41,42,51);5-6,27,30H,1,7-26,28H2,2-4H3,(H,35,42)/t30-,36+;/m1./s1. The number of nitrogens with two attached hydrogens (primary N) is 1. The molecule has 6 N–H and O–H groups in total. The summed E-state index contributed by atoms with van der Waals surface area (Å²) in [5, 5.41) is 19.4. The van der Waals surface area contributed by atoms with Crippen LogP contribution < -0.4 is 27.0 Å². The highest BCUT2D eigenvalue weighted by atomic mass is 16.6. The Kier molecular flexibility index (Phi) is 38.5. The van der Waals surface area contributed by atoms with Crippen molar-refractivity contribution in [2.24, 2.45) is 40.2 Å². The second-order valence-corrected chi connectivity index (χ2v) is 28.5. The number of aromatic nitrogens is 3. The zero-order valence-corrected chi connectivity index (χ0v) is 62.0. The molecule has 102 heavy (non-hydrogen) atoms. The summed E-state index contributed by atoms with van der Waals surface area (Å²) in [6, 6.07) is 5.54. The highest BCUT2D eigenvalue weighted by Gasteiger charge is 2.34. The number of amides is 9. The lowest BCUT2D eigenvalue weighted by atomic mass is 9.75. The number of primary amides is 1. The summed E-state index contributed by atoms with van der Waals surface area (Å²) in [6.07, 6.45) is 14.7. The number of ketones is 1. The number of rotatable bonds is 45. The maximum atomic E-state index is 13.6. The van der Waals surface area contributed by atoms with Crippen LogP contribution in [0, 0.1) is 34.5 Å². The molecule has 2 aromatic rings. The number of nitrogens with one attached hydrogen (secondary N) is 4. The first-order valence-corrected chi connectivity index (χ1v) is 36.3. The van der Waals surface area contributed by atoms with Gasteiger partial charge in [-0.05, 0) is 110 Å². The van der Waals surface area contributed by atoms with Crippen molar-refractivity contribution in [1.29, 1.82) is 0 Å². The minimum absolute atomic E-state index is 0.00217. The number of ether oxygens (including phenoxy) is 8. The molecule has 0 spiro atoms. The van der Waals surface area contributed by atoms with Crippen LogP contribution in [0.25, 0.3) is 0 Å². The molecule has 28 heteroatoms. The largest absolute Gasteiger partial charge is 0.445 e. The number of piperidine rings is 2. The van der Waals surface area contributed by atoms with Gasteiger partial charge in [0.25, 0.3) is 11.8 Å². The van der Waals surface area contributed by atoms with E-state index in [1.165, 1.54) is 12.2 Å². The predicted octanol–water partition coefficient (Wildman–Crippen LogP) is 7.93. The van der Waals surface area contributed by atoms with Crippen LogP contribution in [0.2, 0.25) is 0 Å². The molecule has 4 aliphatic heterocycles. The Labute approximate surface area is 603 Å². The van der Waals surface area contributed by atoms with E-state index in [2.05, 4.69) is 86.3 Å². The van der Waals surface area contributed by atoms with E-state index in [4.69, 9.17) is 43.6 Å². The van der Waals surface area contributed by atoms with Crippen molar-refractivity contribution in [2.75, 3.05) is 144 Å². The summed E-state index contributed by atoms with van der Waals surface area (Å²) in [7, 11) is 0. The van der Waals surface area contributed by atoms with Crippen molar-refractivity contribution in [3.8, 4) is 0 Å². The minimum atomic E-state index is -0.773. The van der Waals surface area contributed by atoms with Crippen molar-refractivity contribution in [3.63, 3.8) is 0 Å². The highest BCUT2D eigenvalue weighted by molar-refractivity contribution is 5.97. The maximum Gasteiger partial charge on any atom is 0.410 e. The number of allylic oxidation sites excluding steroid dienone is 2. The van der Waals surface area contributed by atoms with Crippen molar-refractivity contribution in [1.82, 2.24) is 50.5 Å². The second kappa shape index (κ2) is 46.2. The van der Waals surface area contributed by atoms with Gasteiger partial charge in [-0.25, -0.2) is 19.1 Å². The van der Waals surface area contributed by atoms with Gasteiger partial charge in [0.05, 0.1) is 118 Å². The van der Waals surface area contributed by atoms with Crippen LogP contribution in [0.15, 0.2) is 79.3 Å². The van der Waals surface area contributed by atoms with E-state index in [9.17, 15) is 38.4 Å². The second-order valence-electron chi connectivity index (χ2n) is 28.5. The fourth-order valence-electron chi connectivity index (χ4n) is 11.9. The molecule has 2 atom stereocenters. The van der Waals surface area contributed by atoms with E-state index in [0.717, 1.165) is 57.2 Å². The lowest BCUT2D eigenvalue weighted by Crippen LogP contribution is -2.46. The van der Waals surface area contributed by atoms with E-state index in [0.29, 0.717) is 191 Å². The molecule has 0 aliphatic carbocycles. The van der Waals surface area contributed by atoms with Gasteiger partial charge in [0.15, 0.2) is 5.78 Å². The molecule has 6 rings (SSSR count). The van der Waals surface area contributed by atoms with Gasteiger partial charge >= 0.3 is 18.2 Å². The van der Waals surface area contributed by atoms with Crippen LogP contribution in [0.3, 0.4) is 0 Å². The first-order valence-electron chi connectivity index (χ1n) is 36.3. The Balaban J connectivity index is 0.000000368. The molecule has 2 saturated heterocycles. The molecule has 0 radical (unpaired) electrons. The molecule has 1 aromatic carbocycles. The fourth-order valence-corrected chi connectivity index (χ4v) is 11.9. The number of Topliss-reactive ketones (excluding diaryl/α,β-unsaturated/α-hetero) is 1. The lowest BCUT2D eigenvalue weighted by Gasteiger charge is -2.38. The van der Waals surface area contributed by atoms with E-state index in [1.54, 1.807) is 62.0 Å². The van der Waals surface area contributed by atoms with Crippen LogP contribution in [0.5, 0.6) is 0 Å². The predicted molar refractivity (Wildman–Crippen MR) is 386 cm³/mol. The van der Waals surface area contributed by atoms with Gasteiger partial charge in [-0.15, -0.1) is 5.10 Å². The zero-order valence-electron chi connectivity index (χ0n) is 62.0. The molecule has 570 valence electrons. The van der Waals surface area contributed by atoms with E-state index >= 15 is 0 Å². The monoisotopic (exact) mass is 1430 g/mol. The lowest BCUT2D eigenvalue weighted by molar-refractivity contribution is -0.131. The van der Waals surface area contributed by atoms with Gasteiger partial charge < -0.3 is 84.5 Å². The van der Waals surface area contributed by atoms with Gasteiger partial charge in [0.1, 0.15) is 12.3 Å². The van der Waals surface area contributed by atoms with Gasteiger partial charge in [0.2, 0.25) is 11.8 Å². The highest BCUT2D eigenvalue weighted by Crippen LogP contribution is 2.36. The normalized spacial score (nSPS) is 15.8. The van der Waals surface area contributed by atoms with Crippen LogP contribution in [-0.4, -0.2) is 227 Å². The Morgan fingerprint density at radius 2 is 1.12 bits per heavy atom. The molecule has 0 unspecified atom stereocenters. The van der Waals surface area contributed by atoms with Crippen molar-refractivity contribution < 1.29 is 76.3 Å². The molecule has 0 saturated carbocycles. The molecular formula is C74H118N12O16. The zero-order chi connectivity index (χ0) is 74.3. The number of carbonyl (C=O) groups excluding carboxylic acids is 8. The summed E-state index contributed by atoms with van der Waals surface area (Å²) >= 11 is 0. The Bertz CT molecular complexity index is 2950. The summed E-state index contributed by atoms with van der Waals surface area (Å²) < 4.78 is 45.9. The topological polar surface area (TPSA) is 328 Å². The third kappa shape index (κ3) is 33.2. The first-order chi connectivity index (χ1) is 48.8. The molecular weight excluding hydrogens is 1310 g/mol. The number of hydrogen-bond donors (Lipinski definition) is 5. The van der Waals surface area contributed by atoms with Gasteiger partial charge in [0, 0.05) is 93.8 Å². The quantitative estimate of drug-likeness (QED) is 0.0393. The fraction of sp³-hybridized carbons (Fsp3) is 0.676. The Hall–Kier alpha value is -7.60. The number of carbonyl (C=O) groups is 8. The number of anilines is 1. The van der Waals surface area contributed by atoms with E-state index < -0.39 is 18.0 Å². The van der Waals surface area contributed by atoms with Gasteiger partial charge in [-0.3, -0.25) is 24.0 Å². The SMILES string of the molecule is C=C1C=CC(=O)N1CCCCCC(=O)N[C@H](C(=O)C[C@@H](CCCNC(N)=O)C(=O)Nc1ccc(COC(=O)N2CCC(C(C)(C)C)CC2)cc1)C(C)C.C=C1C=CC(=O)N1Cc1cn(CCOCCOCCOCCOCCOCCOCCOCCNC(=O)N2CCC(C(C)(C)C)CC2)nn1. The van der Waals surface area contributed by atoms with Crippen LogP contribution in [-0.2, 0) is 81.6 Å². The third-order valence-corrected chi connectivity index (χ3v) is 18.2. The van der Waals surface area contributed by atoms with Crippen LogP contribution in [0.4, 0.5) is 20.1 Å². The Morgan fingerprint density at radius 1 is 0.608 bits per heavy atom. The molecule has 2 fully saturated rings. The molecule has 28 nitrogen and oxygen atoms in total.